The topological polar surface area (TPSA) is 58.6 Å². The summed E-state index contributed by atoms with van der Waals surface area (Å²) in [6.45, 7) is 0.552. The molecule has 2 N–H and O–H groups in total. The van der Waals surface area contributed by atoms with Crippen molar-refractivity contribution in [1.82, 2.24) is 5.32 Å². The van der Waals surface area contributed by atoms with Gasteiger partial charge >= 0.3 is 6.09 Å². The minimum absolute atomic E-state index is 0.0530. The molecule has 0 radical (unpaired) electrons. The summed E-state index contributed by atoms with van der Waals surface area (Å²) in [5, 5.41) is 13.1. The second-order valence-electron chi connectivity index (χ2n) is 6.47. The minimum atomic E-state index is -0.457. The Hall–Kier alpha value is -1.55. The Morgan fingerprint density at radius 1 is 1.33 bits per heavy atom. The van der Waals surface area contributed by atoms with Crippen LogP contribution in [0.25, 0.3) is 0 Å². The molecule has 2 fully saturated rings. The van der Waals surface area contributed by atoms with E-state index in [9.17, 15) is 9.90 Å². The zero-order chi connectivity index (χ0) is 14.7. The lowest BCUT2D eigenvalue weighted by atomic mass is 9.79. The highest BCUT2D eigenvalue weighted by Gasteiger charge is 2.49. The Morgan fingerprint density at radius 3 is 2.67 bits per heavy atom. The van der Waals surface area contributed by atoms with Gasteiger partial charge in [0, 0.05) is 6.54 Å². The molecule has 1 unspecified atom stereocenters. The van der Waals surface area contributed by atoms with Gasteiger partial charge in [0.2, 0.25) is 0 Å². The minimum Gasteiger partial charge on any atom is -0.445 e. The second kappa shape index (κ2) is 6.06. The van der Waals surface area contributed by atoms with Crippen LogP contribution < -0.4 is 5.32 Å². The number of hydrogen-bond donors (Lipinski definition) is 2. The first kappa shape index (κ1) is 14.4. The van der Waals surface area contributed by atoms with Gasteiger partial charge in [0.15, 0.2) is 0 Å². The summed E-state index contributed by atoms with van der Waals surface area (Å²) in [5.74, 6) is 0.796. The number of fused-ring (bicyclic) bond motifs is 2. The molecule has 0 aliphatic heterocycles. The van der Waals surface area contributed by atoms with Crippen LogP contribution in [-0.4, -0.2) is 23.8 Å². The molecule has 2 aliphatic rings. The lowest BCUT2D eigenvalue weighted by molar-refractivity contribution is 0.0301. The van der Waals surface area contributed by atoms with Crippen molar-refractivity contribution in [2.45, 2.75) is 44.8 Å². The number of aliphatic hydroxyl groups excluding tert-OH is 1. The number of hydrogen-bond acceptors (Lipinski definition) is 3. The monoisotopic (exact) mass is 289 g/mol. The third-order valence-corrected chi connectivity index (χ3v) is 5.16. The number of aliphatic hydroxyl groups is 1. The van der Waals surface area contributed by atoms with E-state index in [1.165, 1.54) is 12.8 Å². The first-order valence-corrected chi connectivity index (χ1v) is 7.81. The van der Waals surface area contributed by atoms with Crippen LogP contribution in [0.15, 0.2) is 30.3 Å². The summed E-state index contributed by atoms with van der Waals surface area (Å²) in [5.41, 5.74) is 1.01. The summed E-state index contributed by atoms with van der Waals surface area (Å²) in [7, 11) is 0. The third-order valence-electron chi connectivity index (χ3n) is 5.16. The molecule has 21 heavy (non-hydrogen) atoms. The Morgan fingerprint density at radius 2 is 2.05 bits per heavy atom. The first-order valence-electron chi connectivity index (χ1n) is 7.81. The van der Waals surface area contributed by atoms with E-state index in [4.69, 9.17) is 4.74 Å². The Balaban J connectivity index is 1.41. The van der Waals surface area contributed by atoms with Gasteiger partial charge in [-0.05, 0) is 49.0 Å². The van der Waals surface area contributed by atoms with E-state index in [1.807, 2.05) is 30.3 Å². The van der Waals surface area contributed by atoms with Crippen LogP contribution in [0.5, 0.6) is 0 Å². The van der Waals surface area contributed by atoms with Crippen LogP contribution in [0.1, 0.15) is 37.7 Å². The van der Waals surface area contributed by atoms with Crippen molar-refractivity contribution in [3.05, 3.63) is 35.9 Å². The highest BCUT2D eigenvalue weighted by molar-refractivity contribution is 5.67. The normalized spacial score (nSPS) is 28.3. The molecule has 4 heteroatoms. The van der Waals surface area contributed by atoms with Crippen LogP contribution in [-0.2, 0) is 11.3 Å². The lowest BCUT2D eigenvalue weighted by Crippen LogP contribution is -2.41. The largest absolute Gasteiger partial charge is 0.445 e. The summed E-state index contributed by atoms with van der Waals surface area (Å²) in [4.78, 5) is 11.7. The number of carbonyl (C=O) groups is 1. The van der Waals surface area contributed by atoms with Crippen LogP contribution in [0.3, 0.4) is 0 Å². The van der Waals surface area contributed by atoms with E-state index in [1.54, 1.807) is 0 Å². The summed E-state index contributed by atoms with van der Waals surface area (Å²) in [6.07, 6.45) is 4.87. The SMILES string of the molecule is O=C(NCC(O)C12CCC(CC1)C2)OCc1ccccc1. The number of alkyl carbamates (subject to hydrolysis) is 1. The third kappa shape index (κ3) is 3.21. The zero-order valence-corrected chi connectivity index (χ0v) is 12.3. The fraction of sp³-hybridized carbons (Fsp3) is 0.588. The van der Waals surface area contributed by atoms with Crippen molar-refractivity contribution < 1.29 is 14.6 Å². The van der Waals surface area contributed by atoms with Crippen molar-refractivity contribution in [3.63, 3.8) is 0 Å². The van der Waals surface area contributed by atoms with Crippen LogP contribution in [0, 0.1) is 11.3 Å². The molecule has 0 saturated heterocycles. The second-order valence-corrected chi connectivity index (χ2v) is 6.47. The van der Waals surface area contributed by atoms with Gasteiger partial charge in [-0.25, -0.2) is 4.79 Å². The molecule has 0 spiro atoms. The predicted molar refractivity (Wildman–Crippen MR) is 79.6 cm³/mol. The number of ether oxygens (including phenoxy) is 1. The average molecular weight is 289 g/mol. The molecule has 2 saturated carbocycles. The fourth-order valence-corrected chi connectivity index (χ4v) is 3.88. The van der Waals surface area contributed by atoms with E-state index in [0.29, 0.717) is 6.54 Å². The maximum absolute atomic E-state index is 11.7. The summed E-state index contributed by atoms with van der Waals surface area (Å²) >= 11 is 0. The summed E-state index contributed by atoms with van der Waals surface area (Å²) in [6, 6.07) is 9.58. The molecule has 1 aromatic carbocycles. The molecule has 1 atom stereocenters. The molecule has 0 aromatic heterocycles. The molecular weight excluding hydrogens is 266 g/mol. The molecule has 4 nitrogen and oxygen atoms in total. The van der Waals surface area contributed by atoms with E-state index in [-0.39, 0.29) is 12.0 Å². The van der Waals surface area contributed by atoms with E-state index in [0.717, 1.165) is 30.7 Å². The van der Waals surface area contributed by atoms with Gasteiger partial charge in [0.25, 0.3) is 0 Å². The van der Waals surface area contributed by atoms with Crippen molar-refractivity contribution in [3.8, 4) is 0 Å². The van der Waals surface area contributed by atoms with Crippen LogP contribution in [0.2, 0.25) is 0 Å². The number of benzene rings is 1. The number of nitrogens with one attached hydrogen (secondary N) is 1. The standard InChI is InChI=1S/C17H23NO3/c19-15(17-8-6-13(10-17)7-9-17)11-18-16(20)21-12-14-4-2-1-3-5-14/h1-5,13,15,19H,6-12H2,(H,18,20). The Labute approximate surface area is 125 Å². The van der Waals surface area contributed by atoms with E-state index < -0.39 is 12.2 Å². The Bertz CT molecular complexity index is 480. The van der Waals surface area contributed by atoms with Crippen LogP contribution >= 0.6 is 0 Å². The van der Waals surface area contributed by atoms with E-state index in [2.05, 4.69) is 5.32 Å². The summed E-state index contributed by atoms with van der Waals surface area (Å²) < 4.78 is 5.16. The molecule has 1 amide bonds. The lowest BCUT2D eigenvalue weighted by Gasteiger charge is -2.32. The van der Waals surface area contributed by atoms with Crippen molar-refractivity contribution in [2.24, 2.45) is 11.3 Å². The number of amides is 1. The highest BCUT2D eigenvalue weighted by Crippen LogP contribution is 2.55. The first-order chi connectivity index (χ1) is 10.2. The molecule has 114 valence electrons. The fourth-order valence-electron chi connectivity index (χ4n) is 3.88. The quantitative estimate of drug-likeness (QED) is 0.876. The Kier molecular flexibility index (Phi) is 4.15. The molecule has 2 aliphatic carbocycles. The van der Waals surface area contributed by atoms with Crippen molar-refractivity contribution >= 4 is 6.09 Å². The molecule has 2 bridgehead atoms. The number of rotatable bonds is 5. The highest BCUT2D eigenvalue weighted by atomic mass is 16.5. The van der Waals surface area contributed by atoms with Gasteiger partial charge in [-0.15, -0.1) is 0 Å². The maximum atomic E-state index is 11.7. The van der Waals surface area contributed by atoms with Gasteiger partial charge in [0.05, 0.1) is 6.10 Å². The van der Waals surface area contributed by atoms with Gasteiger partial charge in [-0.2, -0.15) is 0 Å². The van der Waals surface area contributed by atoms with Gasteiger partial charge in [-0.1, -0.05) is 30.3 Å². The number of carbonyl (C=O) groups excluding carboxylic acids is 1. The van der Waals surface area contributed by atoms with Crippen molar-refractivity contribution in [1.29, 1.82) is 0 Å². The van der Waals surface area contributed by atoms with Crippen molar-refractivity contribution in [2.75, 3.05) is 6.54 Å². The molecule has 3 rings (SSSR count). The van der Waals surface area contributed by atoms with Crippen LogP contribution in [0.4, 0.5) is 4.79 Å². The van der Waals surface area contributed by atoms with Gasteiger partial charge in [0.1, 0.15) is 6.61 Å². The molecule has 0 heterocycles. The predicted octanol–water partition coefficient (Wildman–Crippen LogP) is 2.85. The zero-order valence-electron chi connectivity index (χ0n) is 12.3. The average Bonchev–Trinajstić information content (AvgIpc) is 3.14. The maximum Gasteiger partial charge on any atom is 0.407 e. The molecule has 1 aromatic rings. The molecular formula is C17H23NO3. The van der Waals surface area contributed by atoms with Gasteiger partial charge < -0.3 is 15.2 Å². The van der Waals surface area contributed by atoms with E-state index >= 15 is 0 Å². The smallest absolute Gasteiger partial charge is 0.407 e. The van der Waals surface area contributed by atoms with Gasteiger partial charge in [-0.3, -0.25) is 0 Å².